The molecule has 1 aliphatic heterocycles. The smallest absolute Gasteiger partial charge is 0.191 e. The van der Waals surface area contributed by atoms with Crippen molar-refractivity contribution in [1.29, 1.82) is 0 Å². The first-order valence-electron chi connectivity index (χ1n) is 9.76. The second-order valence-corrected chi connectivity index (χ2v) is 7.61. The summed E-state index contributed by atoms with van der Waals surface area (Å²) >= 11 is 5.98. The molecule has 30 heavy (non-hydrogen) atoms. The van der Waals surface area contributed by atoms with Crippen LogP contribution < -0.4 is 10.6 Å². The van der Waals surface area contributed by atoms with E-state index >= 15 is 0 Å². The minimum Gasteiger partial charge on any atom is -0.370 e. The number of guanidine groups is 1. The summed E-state index contributed by atoms with van der Waals surface area (Å²) in [7, 11) is 0. The fraction of sp³-hybridized carbons (Fsp3) is 0.273. The molecule has 1 fully saturated rings. The molecule has 2 heterocycles. The standard InChI is InChI=1S/C22H25ClN6.HI/c23-20-5-7-21(8-6-20)28-11-13-29(14-12-28)22(24)26-15-18-1-3-19(4-2-18)16-27-10-9-25-17-27;/h1-10,17H,11-16H2,(H2,24,26);1H. The van der Waals surface area contributed by atoms with Crippen molar-refractivity contribution >= 4 is 47.2 Å². The molecule has 0 saturated carbocycles. The Balaban J connectivity index is 0.00000256. The van der Waals surface area contributed by atoms with E-state index < -0.39 is 0 Å². The minimum atomic E-state index is 0. The second-order valence-electron chi connectivity index (χ2n) is 7.18. The van der Waals surface area contributed by atoms with Crippen LogP contribution in [0.15, 0.2) is 72.2 Å². The number of nitrogens with two attached hydrogens (primary N) is 1. The lowest BCUT2D eigenvalue weighted by Crippen LogP contribution is -2.51. The lowest BCUT2D eigenvalue weighted by atomic mass is 10.1. The molecule has 1 aromatic heterocycles. The van der Waals surface area contributed by atoms with Gasteiger partial charge in [0, 0.05) is 55.8 Å². The Morgan fingerprint density at radius 1 is 0.967 bits per heavy atom. The molecule has 6 nitrogen and oxygen atoms in total. The third kappa shape index (κ3) is 5.89. The molecule has 0 bridgehead atoms. The largest absolute Gasteiger partial charge is 0.370 e. The predicted molar refractivity (Wildman–Crippen MR) is 134 cm³/mol. The summed E-state index contributed by atoms with van der Waals surface area (Å²) < 4.78 is 2.05. The third-order valence-electron chi connectivity index (χ3n) is 5.17. The van der Waals surface area contributed by atoms with Crippen LogP contribution in [-0.2, 0) is 13.1 Å². The molecule has 1 saturated heterocycles. The maximum absolute atomic E-state index is 6.25. The molecule has 2 aromatic carbocycles. The molecule has 0 atom stereocenters. The van der Waals surface area contributed by atoms with E-state index in [0.717, 1.165) is 43.3 Å². The van der Waals surface area contributed by atoms with E-state index in [1.807, 2.05) is 24.7 Å². The fourth-order valence-corrected chi connectivity index (χ4v) is 3.59. The van der Waals surface area contributed by atoms with Gasteiger partial charge in [-0.3, -0.25) is 0 Å². The summed E-state index contributed by atoms with van der Waals surface area (Å²) in [5.41, 5.74) is 9.84. The maximum Gasteiger partial charge on any atom is 0.191 e. The van der Waals surface area contributed by atoms with Crippen LogP contribution >= 0.6 is 35.6 Å². The first kappa shape index (κ1) is 22.4. The molecule has 1 aliphatic rings. The van der Waals surface area contributed by atoms with Crippen molar-refractivity contribution in [3.05, 3.63) is 83.4 Å². The van der Waals surface area contributed by atoms with Crippen LogP contribution in [0.1, 0.15) is 11.1 Å². The molecular weight excluding hydrogens is 511 g/mol. The van der Waals surface area contributed by atoms with Gasteiger partial charge in [-0.05, 0) is 35.4 Å². The van der Waals surface area contributed by atoms with Gasteiger partial charge in [0.25, 0.3) is 0 Å². The van der Waals surface area contributed by atoms with Crippen LogP contribution in [0, 0.1) is 0 Å². The molecule has 3 aromatic rings. The number of hydrogen-bond acceptors (Lipinski definition) is 3. The summed E-state index contributed by atoms with van der Waals surface area (Å²) in [4.78, 5) is 13.2. The van der Waals surface area contributed by atoms with E-state index in [2.05, 4.69) is 60.7 Å². The van der Waals surface area contributed by atoms with Gasteiger partial charge >= 0.3 is 0 Å². The minimum absolute atomic E-state index is 0. The number of halogens is 2. The fourth-order valence-electron chi connectivity index (χ4n) is 3.46. The summed E-state index contributed by atoms with van der Waals surface area (Å²) in [5, 5.41) is 0.763. The predicted octanol–water partition coefficient (Wildman–Crippen LogP) is 3.84. The van der Waals surface area contributed by atoms with Gasteiger partial charge in [-0.15, -0.1) is 24.0 Å². The lowest BCUT2D eigenvalue weighted by Gasteiger charge is -2.36. The Morgan fingerprint density at radius 2 is 1.63 bits per heavy atom. The number of aliphatic imine (C=N–C) groups is 1. The van der Waals surface area contributed by atoms with Crippen molar-refractivity contribution in [2.24, 2.45) is 10.7 Å². The first-order chi connectivity index (χ1) is 14.2. The zero-order valence-corrected chi connectivity index (χ0v) is 19.8. The van der Waals surface area contributed by atoms with Crippen LogP contribution in [0.2, 0.25) is 5.02 Å². The Labute approximate surface area is 199 Å². The Bertz CT molecular complexity index is 933. The van der Waals surface area contributed by atoms with Crippen molar-refractivity contribution < 1.29 is 0 Å². The molecule has 0 aliphatic carbocycles. The Hall–Kier alpha value is -2.26. The van der Waals surface area contributed by atoms with Crippen LogP contribution in [0.4, 0.5) is 5.69 Å². The molecule has 4 rings (SSSR count). The summed E-state index contributed by atoms with van der Waals surface area (Å²) in [5.74, 6) is 0.614. The van der Waals surface area contributed by atoms with Crippen molar-refractivity contribution in [2.75, 3.05) is 31.1 Å². The maximum atomic E-state index is 6.25. The van der Waals surface area contributed by atoms with Crippen LogP contribution in [0.5, 0.6) is 0 Å². The van der Waals surface area contributed by atoms with Crippen molar-refractivity contribution in [3.8, 4) is 0 Å². The average molecular weight is 537 g/mol. The van der Waals surface area contributed by atoms with E-state index in [1.54, 1.807) is 6.20 Å². The number of rotatable bonds is 5. The van der Waals surface area contributed by atoms with Crippen molar-refractivity contribution in [1.82, 2.24) is 14.5 Å². The molecule has 0 unspecified atom stereocenters. The Kier molecular flexibility index (Phi) is 7.98. The highest BCUT2D eigenvalue weighted by atomic mass is 127. The van der Waals surface area contributed by atoms with E-state index in [9.17, 15) is 0 Å². The molecule has 0 radical (unpaired) electrons. The summed E-state index contributed by atoms with van der Waals surface area (Å²) in [6.07, 6.45) is 5.58. The van der Waals surface area contributed by atoms with Gasteiger partial charge in [0.15, 0.2) is 5.96 Å². The molecule has 158 valence electrons. The zero-order valence-electron chi connectivity index (χ0n) is 16.7. The van der Waals surface area contributed by atoms with E-state index in [1.165, 1.54) is 11.3 Å². The van der Waals surface area contributed by atoms with Gasteiger partial charge in [0.05, 0.1) is 12.9 Å². The highest BCUT2D eigenvalue weighted by Gasteiger charge is 2.18. The van der Waals surface area contributed by atoms with Gasteiger partial charge in [0.2, 0.25) is 0 Å². The van der Waals surface area contributed by atoms with Gasteiger partial charge in [-0.25, -0.2) is 9.98 Å². The number of aromatic nitrogens is 2. The highest BCUT2D eigenvalue weighted by Crippen LogP contribution is 2.19. The van der Waals surface area contributed by atoms with Gasteiger partial charge < -0.3 is 20.1 Å². The first-order valence-corrected chi connectivity index (χ1v) is 10.1. The number of anilines is 1. The normalized spacial score (nSPS) is 14.5. The monoisotopic (exact) mass is 536 g/mol. The second kappa shape index (κ2) is 10.7. The zero-order chi connectivity index (χ0) is 20.1. The van der Waals surface area contributed by atoms with Gasteiger partial charge in [0.1, 0.15) is 0 Å². The van der Waals surface area contributed by atoms with Crippen LogP contribution in [0.3, 0.4) is 0 Å². The number of benzene rings is 2. The van der Waals surface area contributed by atoms with Crippen LogP contribution in [0.25, 0.3) is 0 Å². The van der Waals surface area contributed by atoms with E-state index in [-0.39, 0.29) is 24.0 Å². The molecule has 2 N–H and O–H groups in total. The van der Waals surface area contributed by atoms with E-state index in [0.29, 0.717) is 12.5 Å². The number of piperazine rings is 1. The topological polar surface area (TPSA) is 62.7 Å². The third-order valence-corrected chi connectivity index (χ3v) is 5.42. The number of nitrogens with zero attached hydrogens (tertiary/aromatic N) is 5. The van der Waals surface area contributed by atoms with Crippen molar-refractivity contribution in [3.63, 3.8) is 0 Å². The molecule has 0 spiro atoms. The Morgan fingerprint density at radius 3 is 2.27 bits per heavy atom. The number of hydrogen-bond donors (Lipinski definition) is 1. The van der Waals surface area contributed by atoms with Crippen molar-refractivity contribution in [2.45, 2.75) is 13.1 Å². The van der Waals surface area contributed by atoms with Crippen LogP contribution in [-0.4, -0.2) is 46.6 Å². The average Bonchev–Trinajstić information content (AvgIpc) is 3.27. The van der Waals surface area contributed by atoms with E-state index in [4.69, 9.17) is 17.3 Å². The molecule has 8 heteroatoms. The van der Waals surface area contributed by atoms with Gasteiger partial charge in [-0.2, -0.15) is 0 Å². The quantitative estimate of drug-likeness (QED) is 0.306. The number of imidazole rings is 1. The molecular formula is C22H26ClIN6. The van der Waals surface area contributed by atoms with Gasteiger partial charge in [-0.1, -0.05) is 35.9 Å². The highest BCUT2D eigenvalue weighted by molar-refractivity contribution is 14.0. The lowest BCUT2D eigenvalue weighted by molar-refractivity contribution is 0.380. The summed E-state index contributed by atoms with van der Waals surface area (Å²) in [6, 6.07) is 16.5. The molecule has 0 amide bonds. The SMILES string of the molecule is I.NC(=NCc1ccc(Cn2ccnc2)cc1)N1CCN(c2ccc(Cl)cc2)CC1. The summed E-state index contributed by atoms with van der Waals surface area (Å²) in [6.45, 7) is 4.98.